The lowest BCUT2D eigenvalue weighted by Gasteiger charge is -2.32. The quantitative estimate of drug-likeness (QED) is 0.659. The van der Waals surface area contributed by atoms with Crippen molar-refractivity contribution in [3.63, 3.8) is 0 Å². The van der Waals surface area contributed by atoms with Gasteiger partial charge in [0, 0.05) is 61.8 Å². The number of rotatable bonds is 8. The molecule has 1 fully saturated rings. The first-order chi connectivity index (χ1) is 15.3. The maximum Gasteiger partial charge on any atom is 0.261 e. The van der Waals surface area contributed by atoms with Crippen LogP contribution in [0.2, 0.25) is 0 Å². The summed E-state index contributed by atoms with van der Waals surface area (Å²) in [5.74, 6) is 0.0586. The van der Waals surface area contributed by atoms with Gasteiger partial charge in [-0.1, -0.05) is 12.1 Å². The molecular formula is C25H36N4O2S. The normalized spacial score (nSPS) is 15.1. The van der Waals surface area contributed by atoms with Crippen molar-refractivity contribution in [1.82, 2.24) is 20.0 Å². The van der Waals surface area contributed by atoms with E-state index in [0.29, 0.717) is 29.1 Å². The van der Waals surface area contributed by atoms with E-state index in [1.165, 1.54) is 11.3 Å². The Morgan fingerprint density at radius 1 is 0.969 bits per heavy atom. The Balaban J connectivity index is 1.56. The van der Waals surface area contributed by atoms with Crippen LogP contribution in [0.4, 0.5) is 0 Å². The topological polar surface area (TPSA) is 55.9 Å². The molecule has 0 bridgehead atoms. The average Bonchev–Trinajstić information content (AvgIpc) is 3.26. The van der Waals surface area contributed by atoms with Crippen LogP contribution in [-0.4, -0.2) is 84.9 Å². The molecule has 32 heavy (non-hydrogen) atoms. The third-order valence-electron chi connectivity index (χ3n) is 6.02. The molecule has 174 valence electrons. The average molecular weight is 457 g/mol. The number of likely N-dealkylation sites (N-methyl/N-ethyl adjacent to an activating group) is 1. The van der Waals surface area contributed by atoms with Crippen molar-refractivity contribution in [1.29, 1.82) is 0 Å². The molecule has 2 aromatic rings. The number of benzene rings is 1. The summed E-state index contributed by atoms with van der Waals surface area (Å²) in [6.07, 6.45) is 0. The third-order valence-corrected chi connectivity index (χ3v) is 7.15. The highest BCUT2D eigenvalue weighted by Gasteiger charge is 2.20. The Kier molecular flexibility index (Phi) is 8.45. The molecule has 0 saturated carbocycles. The fourth-order valence-electron chi connectivity index (χ4n) is 4.08. The van der Waals surface area contributed by atoms with E-state index in [1.54, 1.807) is 0 Å². The Bertz CT molecular complexity index is 891. The van der Waals surface area contributed by atoms with Crippen molar-refractivity contribution in [2.24, 2.45) is 0 Å². The molecule has 1 aliphatic heterocycles. The van der Waals surface area contributed by atoms with Crippen molar-refractivity contribution in [3.05, 3.63) is 46.8 Å². The molecule has 1 aromatic heterocycles. The van der Waals surface area contributed by atoms with Gasteiger partial charge in [0.15, 0.2) is 0 Å². The fourth-order valence-corrected chi connectivity index (χ4v) is 5.01. The molecule has 0 spiro atoms. The van der Waals surface area contributed by atoms with E-state index in [2.05, 4.69) is 49.9 Å². The molecule has 3 rings (SSSR count). The molecule has 1 saturated heterocycles. The van der Waals surface area contributed by atoms with Gasteiger partial charge in [-0.15, -0.1) is 11.3 Å². The SMILES string of the molecule is CC(C)N(CCNC(=O)c1ccc(-c2ccc(C(=O)N3CCN(C)CC3)cc2)s1)C(C)C. The van der Waals surface area contributed by atoms with Crippen molar-refractivity contribution in [2.75, 3.05) is 46.3 Å². The second-order valence-electron chi connectivity index (χ2n) is 9.02. The standard InChI is InChI=1S/C25H36N4O2S/c1-18(2)29(19(3)4)13-12-26-24(30)23-11-10-22(32-23)20-6-8-21(9-7-20)25(31)28-16-14-27(5)15-17-28/h6-11,18-19H,12-17H2,1-5H3,(H,26,30). The molecule has 2 heterocycles. The van der Waals surface area contributed by atoms with Gasteiger partial charge in [-0.3, -0.25) is 14.5 Å². The molecule has 7 heteroatoms. The number of piperazine rings is 1. The number of thiophene rings is 1. The molecule has 0 atom stereocenters. The highest BCUT2D eigenvalue weighted by Crippen LogP contribution is 2.28. The predicted octanol–water partition coefficient (Wildman–Crippen LogP) is 3.65. The van der Waals surface area contributed by atoms with E-state index in [0.717, 1.165) is 43.2 Å². The van der Waals surface area contributed by atoms with Crippen LogP contribution in [0.3, 0.4) is 0 Å². The van der Waals surface area contributed by atoms with Gasteiger partial charge in [0.2, 0.25) is 0 Å². The summed E-state index contributed by atoms with van der Waals surface area (Å²) in [6.45, 7) is 13.5. The van der Waals surface area contributed by atoms with Gasteiger partial charge in [0.05, 0.1) is 4.88 Å². The van der Waals surface area contributed by atoms with Crippen LogP contribution in [0.1, 0.15) is 47.7 Å². The minimum absolute atomic E-state index is 0.0319. The summed E-state index contributed by atoms with van der Waals surface area (Å²) in [6, 6.07) is 12.5. The van der Waals surface area contributed by atoms with Crippen LogP contribution >= 0.6 is 11.3 Å². The molecule has 1 aliphatic rings. The Labute approximate surface area is 196 Å². The van der Waals surface area contributed by atoms with Crippen molar-refractivity contribution < 1.29 is 9.59 Å². The Morgan fingerprint density at radius 2 is 1.59 bits per heavy atom. The van der Waals surface area contributed by atoms with E-state index < -0.39 is 0 Å². The fraction of sp³-hybridized carbons (Fsp3) is 0.520. The summed E-state index contributed by atoms with van der Waals surface area (Å²) < 4.78 is 0. The molecular weight excluding hydrogens is 420 g/mol. The molecule has 0 unspecified atom stereocenters. The van der Waals surface area contributed by atoms with Gasteiger partial charge in [0.1, 0.15) is 0 Å². The maximum atomic E-state index is 12.7. The number of hydrogen-bond donors (Lipinski definition) is 1. The third kappa shape index (κ3) is 6.18. The first-order valence-electron chi connectivity index (χ1n) is 11.5. The van der Waals surface area contributed by atoms with Crippen molar-refractivity contribution in [2.45, 2.75) is 39.8 Å². The number of carbonyl (C=O) groups is 2. The van der Waals surface area contributed by atoms with Gasteiger partial charge < -0.3 is 15.1 Å². The van der Waals surface area contributed by atoms with Gasteiger partial charge in [-0.2, -0.15) is 0 Å². The number of amides is 2. The second-order valence-corrected chi connectivity index (χ2v) is 10.1. The zero-order chi connectivity index (χ0) is 23.3. The summed E-state index contributed by atoms with van der Waals surface area (Å²) in [4.78, 5) is 33.6. The first kappa shape index (κ1) is 24.4. The number of nitrogens with one attached hydrogen (secondary N) is 1. The van der Waals surface area contributed by atoms with Crippen molar-refractivity contribution in [3.8, 4) is 10.4 Å². The van der Waals surface area contributed by atoms with E-state index in [4.69, 9.17) is 0 Å². The van der Waals surface area contributed by atoms with Crippen LogP contribution in [0.15, 0.2) is 36.4 Å². The minimum atomic E-state index is -0.0319. The van der Waals surface area contributed by atoms with Gasteiger partial charge >= 0.3 is 0 Å². The Morgan fingerprint density at radius 3 is 2.19 bits per heavy atom. The zero-order valence-electron chi connectivity index (χ0n) is 19.9. The van der Waals surface area contributed by atoms with Gasteiger partial charge in [0.25, 0.3) is 11.8 Å². The first-order valence-corrected chi connectivity index (χ1v) is 12.3. The molecule has 6 nitrogen and oxygen atoms in total. The van der Waals surface area contributed by atoms with Gasteiger partial charge in [-0.05, 0) is 64.6 Å². The Hall–Kier alpha value is -2.22. The number of hydrogen-bond acceptors (Lipinski definition) is 5. The largest absolute Gasteiger partial charge is 0.350 e. The number of carbonyl (C=O) groups excluding carboxylic acids is 2. The maximum absolute atomic E-state index is 12.7. The monoisotopic (exact) mass is 456 g/mol. The summed E-state index contributed by atoms with van der Waals surface area (Å²) >= 11 is 1.48. The lowest BCUT2D eigenvalue weighted by atomic mass is 10.1. The van der Waals surface area contributed by atoms with E-state index >= 15 is 0 Å². The van der Waals surface area contributed by atoms with Crippen LogP contribution in [-0.2, 0) is 0 Å². The van der Waals surface area contributed by atoms with E-state index in [9.17, 15) is 9.59 Å². The second kappa shape index (κ2) is 11.1. The molecule has 2 amide bonds. The lowest BCUT2D eigenvalue weighted by molar-refractivity contribution is 0.0664. The van der Waals surface area contributed by atoms with E-state index in [1.807, 2.05) is 41.3 Å². The van der Waals surface area contributed by atoms with Crippen LogP contribution < -0.4 is 5.32 Å². The molecule has 1 aromatic carbocycles. The smallest absolute Gasteiger partial charge is 0.261 e. The van der Waals surface area contributed by atoms with Crippen LogP contribution in [0.25, 0.3) is 10.4 Å². The van der Waals surface area contributed by atoms with E-state index in [-0.39, 0.29) is 11.8 Å². The molecule has 1 N–H and O–H groups in total. The highest BCUT2D eigenvalue weighted by molar-refractivity contribution is 7.17. The lowest BCUT2D eigenvalue weighted by Crippen LogP contribution is -2.47. The van der Waals surface area contributed by atoms with Crippen LogP contribution in [0, 0.1) is 0 Å². The van der Waals surface area contributed by atoms with Crippen molar-refractivity contribution >= 4 is 23.2 Å². The molecule has 0 radical (unpaired) electrons. The predicted molar refractivity (Wildman–Crippen MR) is 132 cm³/mol. The van der Waals surface area contributed by atoms with Gasteiger partial charge in [-0.25, -0.2) is 0 Å². The zero-order valence-corrected chi connectivity index (χ0v) is 20.7. The summed E-state index contributed by atoms with van der Waals surface area (Å²) in [5, 5.41) is 3.04. The summed E-state index contributed by atoms with van der Waals surface area (Å²) in [5.41, 5.74) is 1.74. The minimum Gasteiger partial charge on any atom is -0.350 e. The summed E-state index contributed by atoms with van der Waals surface area (Å²) in [7, 11) is 2.08. The number of nitrogens with zero attached hydrogens (tertiary/aromatic N) is 3. The van der Waals surface area contributed by atoms with Crippen LogP contribution in [0.5, 0.6) is 0 Å². The highest BCUT2D eigenvalue weighted by atomic mass is 32.1. The molecule has 0 aliphatic carbocycles.